The van der Waals surface area contributed by atoms with Crippen LogP contribution in [0.1, 0.15) is 30.0 Å². The van der Waals surface area contributed by atoms with Gasteiger partial charge in [-0.15, -0.1) is 10.2 Å². The number of hydrogen-bond donors (Lipinski definition) is 1. The highest BCUT2D eigenvalue weighted by Crippen LogP contribution is 2.24. The van der Waals surface area contributed by atoms with Crippen LogP contribution in [0, 0.1) is 6.92 Å². The molecule has 3 rings (SSSR count). The highest BCUT2D eigenvalue weighted by Gasteiger charge is 2.15. The van der Waals surface area contributed by atoms with Crippen LogP contribution in [0.15, 0.2) is 18.2 Å². The third-order valence-corrected chi connectivity index (χ3v) is 4.10. The minimum absolute atomic E-state index is 0.0852. The van der Waals surface area contributed by atoms with Crippen LogP contribution in [-0.2, 0) is 6.54 Å². The largest absolute Gasteiger partial charge is 0.350 e. The van der Waals surface area contributed by atoms with Crippen LogP contribution in [-0.4, -0.2) is 57.2 Å². The Kier molecular flexibility index (Phi) is 4.67. The Morgan fingerprint density at radius 3 is 2.72 bits per heavy atom. The molecular formula is C18H24N6O. The monoisotopic (exact) mass is 340 g/mol. The Morgan fingerprint density at radius 2 is 2.04 bits per heavy atom. The summed E-state index contributed by atoms with van der Waals surface area (Å²) in [6, 6.07) is 5.60. The van der Waals surface area contributed by atoms with Gasteiger partial charge in [-0.05, 0) is 53.1 Å². The zero-order chi connectivity index (χ0) is 18.1. The minimum Gasteiger partial charge on any atom is -0.350 e. The van der Waals surface area contributed by atoms with Gasteiger partial charge in [-0.2, -0.15) is 0 Å². The average molecular weight is 340 g/mol. The molecule has 7 nitrogen and oxygen atoms in total. The van der Waals surface area contributed by atoms with E-state index in [-0.39, 0.29) is 11.9 Å². The first-order chi connectivity index (χ1) is 11.9. The Bertz CT molecular complexity index is 928. The summed E-state index contributed by atoms with van der Waals surface area (Å²) >= 11 is 0. The number of rotatable bonds is 5. The quantitative estimate of drug-likeness (QED) is 0.769. The molecule has 0 unspecified atom stereocenters. The summed E-state index contributed by atoms with van der Waals surface area (Å²) in [7, 11) is 4.08. The first kappa shape index (κ1) is 17.3. The van der Waals surface area contributed by atoms with Crippen LogP contribution in [0.3, 0.4) is 0 Å². The summed E-state index contributed by atoms with van der Waals surface area (Å²) in [6.07, 6.45) is 0. The van der Waals surface area contributed by atoms with E-state index in [2.05, 4.69) is 30.0 Å². The predicted octanol–water partition coefficient (Wildman–Crippen LogP) is 1.99. The van der Waals surface area contributed by atoms with Crippen LogP contribution in [0.4, 0.5) is 0 Å². The van der Waals surface area contributed by atoms with Gasteiger partial charge in [0.2, 0.25) is 5.65 Å². The molecule has 1 N–H and O–H groups in total. The van der Waals surface area contributed by atoms with Crippen molar-refractivity contribution < 1.29 is 4.79 Å². The van der Waals surface area contributed by atoms with Gasteiger partial charge >= 0.3 is 0 Å². The molecular weight excluding hydrogens is 316 g/mol. The van der Waals surface area contributed by atoms with Crippen molar-refractivity contribution >= 4 is 28.0 Å². The zero-order valence-corrected chi connectivity index (χ0v) is 15.4. The van der Waals surface area contributed by atoms with E-state index in [1.165, 1.54) is 0 Å². The van der Waals surface area contributed by atoms with Crippen LogP contribution in [0.2, 0.25) is 0 Å². The fourth-order valence-corrected chi connectivity index (χ4v) is 2.86. The number of aromatic nitrogens is 4. The van der Waals surface area contributed by atoms with Gasteiger partial charge in [0.25, 0.3) is 5.91 Å². The van der Waals surface area contributed by atoms with Crippen molar-refractivity contribution in [1.82, 2.24) is 30.0 Å². The van der Waals surface area contributed by atoms with Gasteiger partial charge in [0, 0.05) is 30.1 Å². The molecule has 0 radical (unpaired) electrons. The van der Waals surface area contributed by atoms with E-state index in [4.69, 9.17) is 0 Å². The lowest BCUT2D eigenvalue weighted by atomic mass is 10.1. The molecule has 0 aliphatic rings. The molecule has 0 aliphatic carbocycles. The number of amides is 1. The normalized spacial score (nSPS) is 11.8. The number of fused-ring (bicyclic) bond motifs is 3. The van der Waals surface area contributed by atoms with E-state index < -0.39 is 0 Å². The molecule has 0 saturated carbocycles. The maximum Gasteiger partial charge on any atom is 0.251 e. The maximum atomic E-state index is 12.4. The second kappa shape index (κ2) is 6.76. The third kappa shape index (κ3) is 3.46. The smallest absolute Gasteiger partial charge is 0.251 e. The summed E-state index contributed by atoms with van der Waals surface area (Å²) in [4.78, 5) is 19.0. The van der Waals surface area contributed by atoms with Gasteiger partial charge in [0.1, 0.15) is 5.82 Å². The fourth-order valence-electron chi connectivity index (χ4n) is 2.86. The Balaban J connectivity index is 2.16. The molecule has 0 spiro atoms. The lowest BCUT2D eigenvalue weighted by molar-refractivity contribution is 0.0943. The molecule has 25 heavy (non-hydrogen) atoms. The van der Waals surface area contributed by atoms with Crippen molar-refractivity contribution in [2.24, 2.45) is 0 Å². The van der Waals surface area contributed by atoms with Crippen molar-refractivity contribution in [3.63, 3.8) is 0 Å². The van der Waals surface area contributed by atoms with Gasteiger partial charge in [-0.25, -0.2) is 4.98 Å². The van der Waals surface area contributed by atoms with Crippen LogP contribution in [0.25, 0.3) is 22.1 Å². The zero-order valence-electron chi connectivity index (χ0n) is 15.4. The summed E-state index contributed by atoms with van der Waals surface area (Å²) < 4.78 is 2.15. The van der Waals surface area contributed by atoms with Crippen molar-refractivity contribution in [1.29, 1.82) is 0 Å². The maximum absolute atomic E-state index is 12.4. The first-order valence-corrected chi connectivity index (χ1v) is 8.45. The SMILES string of the molecule is Cc1nc2nnc3ccc(C(=O)NC(C)C)cc3c2n1CCN(C)C. The standard InChI is InChI=1S/C18H24N6O/c1-11(2)19-18(25)13-6-7-15-14(10-13)16-17(22-21-15)20-12(3)24(16)9-8-23(4)5/h6-7,10-11H,8-9H2,1-5H3,(H,19,25). The van der Waals surface area contributed by atoms with Crippen molar-refractivity contribution in [2.75, 3.05) is 20.6 Å². The van der Waals surface area contributed by atoms with Gasteiger partial charge in [-0.1, -0.05) is 0 Å². The summed E-state index contributed by atoms with van der Waals surface area (Å²) in [5.41, 5.74) is 2.93. The lowest BCUT2D eigenvalue weighted by Gasteiger charge is -2.13. The molecule has 7 heteroatoms. The summed E-state index contributed by atoms with van der Waals surface area (Å²) in [5.74, 6) is 0.814. The molecule has 0 atom stereocenters. The van der Waals surface area contributed by atoms with Crippen molar-refractivity contribution in [3.8, 4) is 0 Å². The Hall–Kier alpha value is -2.54. The summed E-state index contributed by atoms with van der Waals surface area (Å²) in [6.45, 7) is 7.56. The van der Waals surface area contributed by atoms with Gasteiger partial charge in [0.15, 0.2) is 0 Å². The molecule has 0 bridgehead atoms. The van der Waals surface area contributed by atoms with Gasteiger partial charge in [0.05, 0.1) is 11.0 Å². The van der Waals surface area contributed by atoms with E-state index in [9.17, 15) is 4.79 Å². The number of benzene rings is 1. The highest BCUT2D eigenvalue weighted by atomic mass is 16.1. The number of aryl methyl sites for hydroxylation is 1. The second-order valence-electron chi connectivity index (χ2n) is 6.85. The molecule has 0 aliphatic heterocycles. The number of hydrogen-bond acceptors (Lipinski definition) is 5. The number of carbonyl (C=O) groups excluding carboxylic acids is 1. The molecule has 0 fully saturated rings. The van der Waals surface area contributed by atoms with Crippen LogP contribution in [0.5, 0.6) is 0 Å². The van der Waals surface area contributed by atoms with Crippen molar-refractivity contribution in [3.05, 3.63) is 29.6 Å². The van der Waals surface area contributed by atoms with E-state index in [1.54, 1.807) is 6.07 Å². The third-order valence-electron chi connectivity index (χ3n) is 4.10. The lowest BCUT2D eigenvalue weighted by Crippen LogP contribution is -2.30. The van der Waals surface area contributed by atoms with Crippen molar-refractivity contribution in [2.45, 2.75) is 33.4 Å². The van der Waals surface area contributed by atoms with Gasteiger partial charge in [-0.3, -0.25) is 4.79 Å². The number of nitrogens with one attached hydrogen (secondary N) is 1. The topological polar surface area (TPSA) is 75.9 Å². The van der Waals surface area contributed by atoms with Crippen LogP contribution >= 0.6 is 0 Å². The summed E-state index contributed by atoms with van der Waals surface area (Å²) in [5, 5.41) is 12.3. The minimum atomic E-state index is -0.0852. The van der Waals surface area contributed by atoms with Gasteiger partial charge < -0.3 is 14.8 Å². The molecule has 2 aromatic heterocycles. The Labute approximate surface area is 147 Å². The average Bonchev–Trinajstić information content (AvgIpc) is 2.87. The molecule has 0 saturated heterocycles. The highest BCUT2D eigenvalue weighted by molar-refractivity contribution is 6.05. The molecule has 3 aromatic rings. The fraction of sp³-hybridized carbons (Fsp3) is 0.444. The van der Waals surface area contributed by atoms with E-state index in [0.29, 0.717) is 11.2 Å². The predicted molar refractivity (Wildman–Crippen MR) is 98.7 cm³/mol. The first-order valence-electron chi connectivity index (χ1n) is 8.45. The number of carbonyl (C=O) groups is 1. The molecule has 132 valence electrons. The second-order valence-corrected chi connectivity index (χ2v) is 6.85. The van der Waals surface area contributed by atoms with Crippen LogP contribution < -0.4 is 5.32 Å². The number of imidazole rings is 1. The number of likely N-dealkylation sites (N-methyl/N-ethyl adjacent to an activating group) is 1. The van der Waals surface area contributed by atoms with E-state index >= 15 is 0 Å². The number of nitrogens with zero attached hydrogens (tertiary/aromatic N) is 5. The van der Waals surface area contributed by atoms with E-state index in [0.717, 1.165) is 35.3 Å². The Morgan fingerprint density at radius 1 is 1.28 bits per heavy atom. The molecule has 1 aromatic carbocycles. The molecule has 2 heterocycles. The van der Waals surface area contributed by atoms with E-state index in [1.807, 2.05) is 47.0 Å². The molecule has 1 amide bonds.